The van der Waals surface area contributed by atoms with Crippen LogP contribution in [0.2, 0.25) is 0 Å². The zero-order valence-electron chi connectivity index (χ0n) is 7.05. The highest BCUT2D eigenvalue weighted by Gasteiger charge is 2.26. The summed E-state index contributed by atoms with van der Waals surface area (Å²) in [5, 5.41) is 9.56. The van der Waals surface area contributed by atoms with Crippen LogP contribution in [0.15, 0.2) is 0 Å². The molecular weight excluding hydrogens is 140 g/mol. The highest BCUT2D eigenvalue weighted by molar-refractivity contribution is 5.51. The molecule has 0 bridgehead atoms. The summed E-state index contributed by atoms with van der Waals surface area (Å²) in [6.07, 6.45) is 5.57. The summed E-state index contributed by atoms with van der Waals surface area (Å²) in [6, 6.07) is 0. The van der Waals surface area contributed by atoms with Crippen LogP contribution in [0.5, 0.6) is 0 Å². The van der Waals surface area contributed by atoms with Gasteiger partial charge in [-0.15, -0.1) is 0 Å². The van der Waals surface area contributed by atoms with Crippen molar-refractivity contribution in [2.75, 3.05) is 0 Å². The minimum absolute atomic E-state index is 0.277. The molecule has 64 valence electrons. The van der Waals surface area contributed by atoms with Crippen molar-refractivity contribution >= 4 is 6.29 Å². The van der Waals surface area contributed by atoms with Crippen molar-refractivity contribution in [1.29, 1.82) is 0 Å². The number of rotatable bonds is 5. The number of aldehydes is 1. The third-order valence-corrected chi connectivity index (χ3v) is 2.31. The molecule has 1 saturated carbocycles. The molecule has 1 N–H and O–H groups in total. The molecule has 1 atom stereocenters. The highest BCUT2D eigenvalue weighted by atomic mass is 16.3. The van der Waals surface area contributed by atoms with E-state index in [1.54, 1.807) is 6.92 Å². The van der Waals surface area contributed by atoms with E-state index in [4.69, 9.17) is 0 Å². The van der Waals surface area contributed by atoms with Crippen molar-refractivity contribution in [2.45, 2.75) is 44.6 Å². The lowest BCUT2D eigenvalue weighted by atomic mass is 9.95. The Kier molecular flexibility index (Phi) is 2.66. The van der Waals surface area contributed by atoms with E-state index in [-0.39, 0.29) is 6.42 Å². The Balaban J connectivity index is 2.14. The second-order valence-electron chi connectivity index (χ2n) is 3.85. The van der Waals surface area contributed by atoms with Crippen molar-refractivity contribution in [1.82, 2.24) is 0 Å². The first-order valence-electron chi connectivity index (χ1n) is 4.30. The van der Waals surface area contributed by atoms with Gasteiger partial charge in [-0.3, -0.25) is 0 Å². The van der Waals surface area contributed by atoms with Crippen molar-refractivity contribution < 1.29 is 9.90 Å². The maximum absolute atomic E-state index is 10.1. The molecule has 1 aliphatic rings. The molecule has 1 fully saturated rings. The number of hydrogen-bond acceptors (Lipinski definition) is 2. The van der Waals surface area contributed by atoms with E-state index in [0.29, 0.717) is 0 Å². The van der Waals surface area contributed by atoms with Crippen LogP contribution in [0.3, 0.4) is 0 Å². The molecule has 0 radical (unpaired) electrons. The summed E-state index contributed by atoms with van der Waals surface area (Å²) >= 11 is 0. The average molecular weight is 156 g/mol. The zero-order valence-corrected chi connectivity index (χ0v) is 7.05. The van der Waals surface area contributed by atoms with Crippen molar-refractivity contribution in [2.24, 2.45) is 5.92 Å². The van der Waals surface area contributed by atoms with Gasteiger partial charge in [0.15, 0.2) is 0 Å². The fourth-order valence-corrected chi connectivity index (χ4v) is 1.20. The van der Waals surface area contributed by atoms with E-state index >= 15 is 0 Å². The van der Waals surface area contributed by atoms with Gasteiger partial charge >= 0.3 is 0 Å². The van der Waals surface area contributed by atoms with Gasteiger partial charge < -0.3 is 9.90 Å². The van der Waals surface area contributed by atoms with Crippen LogP contribution >= 0.6 is 0 Å². The molecule has 0 heterocycles. The molecule has 0 aromatic carbocycles. The van der Waals surface area contributed by atoms with Crippen LogP contribution in [0.1, 0.15) is 39.0 Å². The minimum atomic E-state index is -0.746. The Morgan fingerprint density at radius 1 is 1.64 bits per heavy atom. The van der Waals surface area contributed by atoms with Gasteiger partial charge in [-0.05, 0) is 25.7 Å². The van der Waals surface area contributed by atoms with Crippen LogP contribution in [0, 0.1) is 5.92 Å². The lowest BCUT2D eigenvalue weighted by molar-refractivity contribution is -0.112. The van der Waals surface area contributed by atoms with Crippen molar-refractivity contribution in [3.05, 3.63) is 0 Å². The second-order valence-corrected chi connectivity index (χ2v) is 3.85. The Morgan fingerprint density at radius 2 is 2.27 bits per heavy atom. The van der Waals surface area contributed by atoms with Gasteiger partial charge in [-0.25, -0.2) is 0 Å². The quantitative estimate of drug-likeness (QED) is 0.613. The van der Waals surface area contributed by atoms with Gasteiger partial charge in [-0.1, -0.05) is 12.8 Å². The van der Waals surface area contributed by atoms with Gasteiger partial charge in [0.1, 0.15) is 6.29 Å². The first kappa shape index (κ1) is 8.72. The zero-order chi connectivity index (χ0) is 8.32. The number of carbonyl (C=O) groups is 1. The second kappa shape index (κ2) is 3.35. The molecule has 0 aliphatic heterocycles. The maximum atomic E-state index is 10.1. The van der Waals surface area contributed by atoms with E-state index < -0.39 is 5.60 Å². The number of hydrogen-bond donors (Lipinski definition) is 1. The molecule has 0 saturated heterocycles. The summed E-state index contributed by atoms with van der Waals surface area (Å²) in [5.74, 6) is 0.841. The Bertz CT molecular complexity index is 136. The highest BCUT2D eigenvalue weighted by Crippen LogP contribution is 2.35. The SMILES string of the molecule is CC(O)(CC=O)CCC1CC1. The smallest absolute Gasteiger partial charge is 0.122 e. The lowest BCUT2D eigenvalue weighted by Gasteiger charge is -2.19. The normalized spacial score (nSPS) is 22.7. The van der Waals surface area contributed by atoms with Crippen molar-refractivity contribution in [3.63, 3.8) is 0 Å². The van der Waals surface area contributed by atoms with E-state index in [2.05, 4.69) is 0 Å². The molecule has 0 aromatic heterocycles. The largest absolute Gasteiger partial charge is 0.390 e. The molecule has 11 heavy (non-hydrogen) atoms. The number of carbonyl (C=O) groups excluding carboxylic acids is 1. The molecule has 2 nitrogen and oxygen atoms in total. The van der Waals surface area contributed by atoms with Gasteiger partial charge in [-0.2, -0.15) is 0 Å². The Hall–Kier alpha value is -0.370. The Labute approximate surface area is 67.6 Å². The predicted octanol–water partition coefficient (Wildman–Crippen LogP) is 1.52. The van der Waals surface area contributed by atoms with Gasteiger partial charge in [0.2, 0.25) is 0 Å². The topological polar surface area (TPSA) is 37.3 Å². The third-order valence-electron chi connectivity index (χ3n) is 2.31. The summed E-state index contributed by atoms with van der Waals surface area (Å²) < 4.78 is 0. The van der Waals surface area contributed by atoms with Gasteiger partial charge in [0, 0.05) is 6.42 Å². The Morgan fingerprint density at radius 3 is 2.73 bits per heavy atom. The van der Waals surface area contributed by atoms with Crippen LogP contribution in [-0.2, 0) is 4.79 Å². The molecule has 0 amide bonds. The maximum Gasteiger partial charge on any atom is 0.122 e. The molecule has 0 spiro atoms. The third kappa shape index (κ3) is 3.51. The van der Waals surface area contributed by atoms with Crippen LogP contribution in [0.25, 0.3) is 0 Å². The first-order chi connectivity index (χ1) is 5.14. The van der Waals surface area contributed by atoms with Crippen LogP contribution in [0.4, 0.5) is 0 Å². The van der Waals surface area contributed by atoms with Crippen molar-refractivity contribution in [3.8, 4) is 0 Å². The fourth-order valence-electron chi connectivity index (χ4n) is 1.20. The van der Waals surface area contributed by atoms with E-state index in [0.717, 1.165) is 25.0 Å². The molecule has 1 aliphatic carbocycles. The van der Waals surface area contributed by atoms with E-state index in [1.807, 2.05) is 0 Å². The lowest BCUT2D eigenvalue weighted by Crippen LogP contribution is -2.24. The molecule has 1 rings (SSSR count). The molecule has 1 unspecified atom stereocenters. The van der Waals surface area contributed by atoms with Crippen LogP contribution < -0.4 is 0 Å². The molecule has 0 aromatic rings. The van der Waals surface area contributed by atoms with E-state index in [1.165, 1.54) is 12.8 Å². The predicted molar refractivity (Wildman–Crippen MR) is 43.3 cm³/mol. The standard InChI is InChI=1S/C9H16O2/c1-9(11,6-7-10)5-4-8-2-3-8/h7-8,11H,2-6H2,1H3. The monoisotopic (exact) mass is 156 g/mol. The number of aliphatic hydroxyl groups is 1. The van der Waals surface area contributed by atoms with E-state index in [9.17, 15) is 9.90 Å². The average Bonchev–Trinajstić information content (AvgIpc) is 2.65. The summed E-state index contributed by atoms with van der Waals surface area (Å²) in [7, 11) is 0. The summed E-state index contributed by atoms with van der Waals surface area (Å²) in [5.41, 5.74) is -0.746. The first-order valence-corrected chi connectivity index (χ1v) is 4.30. The van der Waals surface area contributed by atoms with Gasteiger partial charge in [0.25, 0.3) is 0 Å². The summed E-state index contributed by atoms with van der Waals surface area (Å²) in [4.78, 5) is 10.1. The van der Waals surface area contributed by atoms with Gasteiger partial charge in [0.05, 0.1) is 5.60 Å². The minimum Gasteiger partial charge on any atom is -0.390 e. The molecule has 2 heteroatoms. The van der Waals surface area contributed by atoms with Crippen LogP contribution in [-0.4, -0.2) is 17.0 Å². The summed E-state index contributed by atoms with van der Waals surface area (Å²) in [6.45, 7) is 1.74. The molecular formula is C9H16O2. The fraction of sp³-hybridized carbons (Fsp3) is 0.889.